The van der Waals surface area contributed by atoms with Gasteiger partial charge in [0.15, 0.2) is 5.69 Å². The van der Waals surface area contributed by atoms with Gasteiger partial charge in [0, 0.05) is 38.1 Å². The molecule has 33 heavy (non-hydrogen) atoms. The van der Waals surface area contributed by atoms with Gasteiger partial charge in [0.05, 0.1) is 10.6 Å². The molecule has 1 fully saturated rings. The lowest BCUT2D eigenvalue weighted by atomic mass is 10.2. The van der Waals surface area contributed by atoms with Crippen molar-refractivity contribution in [3.05, 3.63) is 82.9 Å². The van der Waals surface area contributed by atoms with Crippen molar-refractivity contribution < 1.29 is 18.0 Å². The first kappa shape index (κ1) is 21.7. The van der Waals surface area contributed by atoms with Crippen LogP contribution in [0.15, 0.2) is 66.7 Å². The number of rotatable bonds is 4. The minimum atomic E-state index is -4.61. The third-order valence-electron chi connectivity index (χ3n) is 5.75. The van der Waals surface area contributed by atoms with E-state index in [2.05, 4.69) is 22.1 Å². The largest absolute Gasteiger partial charge is 0.435 e. The average molecular weight is 471 g/mol. The number of hydrogen-bond donors (Lipinski definition) is 0. The molecule has 2 aromatic carbocycles. The van der Waals surface area contributed by atoms with E-state index in [-0.39, 0.29) is 11.3 Å². The van der Waals surface area contributed by atoms with Crippen LogP contribution in [0.3, 0.4) is 0 Å². The third kappa shape index (κ3) is 4.38. The van der Waals surface area contributed by atoms with Gasteiger partial charge in [-0.25, -0.2) is 4.68 Å². The van der Waals surface area contributed by atoms with Gasteiger partial charge in [-0.05, 0) is 23.8 Å². The summed E-state index contributed by atoms with van der Waals surface area (Å²) in [6, 6.07) is 20.1. The second kappa shape index (κ2) is 8.64. The van der Waals surface area contributed by atoms with Gasteiger partial charge in [0.1, 0.15) is 4.83 Å². The minimum Gasteiger partial charge on any atom is -0.335 e. The van der Waals surface area contributed by atoms with Crippen LogP contribution in [0.2, 0.25) is 0 Å². The second-order valence-corrected chi connectivity index (χ2v) is 9.01. The fraction of sp³-hybridized carbons (Fsp3) is 0.250. The molecule has 4 aromatic rings. The van der Waals surface area contributed by atoms with Gasteiger partial charge in [0.2, 0.25) is 0 Å². The number of nitrogens with zero attached hydrogens (tertiary/aromatic N) is 4. The van der Waals surface area contributed by atoms with Crippen LogP contribution in [0.5, 0.6) is 0 Å². The first-order valence-corrected chi connectivity index (χ1v) is 11.4. The third-order valence-corrected chi connectivity index (χ3v) is 6.85. The summed E-state index contributed by atoms with van der Waals surface area (Å²) in [7, 11) is 0. The van der Waals surface area contributed by atoms with Gasteiger partial charge in [-0.2, -0.15) is 18.3 Å². The van der Waals surface area contributed by atoms with Crippen molar-refractivity contribution in [1.82, 2.24) is 19.6 Å². The van der Waals surface area contributed by atoms with Crippen molar-refractivity contribution >= 4 is 27.5 Å². The Bertz CT molecular complexity index is 1260. The van der Waals surface area contributed by atoms with Crippen LogP contribution in [0.4, 0.5) is 13.2 Å². The van der Waals surface area contributed by atoms with Crippen molar-refractivity contribution in [2.24, 2.45) is 0 Å². The molecule has 1 saturated heterocycles. The van der Waals surface area contributed by atoms with E-state index in [1.165, 1.54) is 16.3 Å². The van der Waals surface area contributed by atoms with Gasteiger partial charge in [0.25, 0.3) is 5.91 Å². The molecule has 0 aliphatic carbocycles. The van der Waals surface area contributed by atoms with E-state index in [1.54, 1.807) is 35.2 Å². The van der Waals surface area contributed by atoms with Crippen molar-refractivity contribution in [3.63, 3.8) is 0 Å². The molecule has 1 aliphatic heterocycles. The molecule has 0 unspecified atom stereocenters. The first-order chi connectivity index (χ1) is 15.9. The SMILES string of the molecule is O=C(c1cc2c(C(F)(F)F)nn(-c3ccccc3)c2s1)N1CCN(Cc2ccccc2)CC1. The molecule has 0 N–H and O–H groups in total. The molecule has 0 radical (unpaired) electrons. The quantitative estimate of drug-likeness (QED) is 0.419. The van der Waals surface area contributed by atoms with Crippen LogP contribution in [0.25, 0.3) is 15.9 Å². The Morgan fingerprint density at radius 1 is 0.939 bits per heavy atom. The Labute approximate surface area is 192 Å². The highest BCUT2D eigenvalue weighted by molar-refractivity contribution is 7.20. The Hall–Kier alpha value is -3.17. The minimum absolute atomic E-state index is 0.0394. The van der Waals surface area contributed by atoms with Crippen molar-refractivity contribution in [2.45, 2.75) is 12.7 Å². The van der Waals surface area contributed by atoms with Gasteiger partial charge < -0.3 is 4.90 Å². The number of amides is 1. The van der Waals surface area contributed by atoms with Crippen LogP contribution in [0, 0.1) is 0 Å². The molecule has 3 heterocycles. The molecule has 0 saturated carbocycles. The number of benzene rings is 2. The summed E-state index contributed by atoms with van der Waals surface area (Å²) < 4.78 is 42.3. The summed E-state index contributed by atoms with van der Waals surface area (Å²) in [6.07, 6.45) is -4.61. The maximum atomic E-state index is 13.7. The second-order valence-electron chi connectivity index (χ2n) is 7.98. The molecule has 5 rings (SSSR count). The number of carbonyl (C=O) groups is 1. The predicted molar refractivity (Wildman–Crippen MR) is 122 cm³/mol. The molecule has 1 aliphatic rings. The van der Waals surface area contributed by atoms with Crippen LogP contribution in [-0.4, -0.2) is 51.7 Å². The van der Waals surface area contributed by atoms with Crippen LogP contribution >= 0.6 is 11.3 Å². The molecule has 0 atom stereocenters. The average Bonchev–Trinajstić information content (AvgIpc) is 3.40. The standard InChI is InChI=1S/C24H21F3N4OS/c25-24(26,27)21-19-15-20(33-23(19)31(28-21)18-9-5-2-6-10-18)22(32)30-13-11-29(12-14-30)16-17-7-3-1-4-8-17/h1-10,15H,11-14,16H2. The monoisotopic (exact) mass is 470 g/mol. The van der Waals surface area contributed by atoms with Crippen LogP contribution in [-0.2, 0) is 12.7 Å². The molecule has 170 valence electrons. The summed E-state index contributed by atoms with van der Waals surface area (Å²) in [5.41, 5.74) is 0.768. The predicted octanol–water partition coefficient (Wildman–Crippen LogP) is 5.06. The first-order valence-electron chi connectivity index (χ1n) is 10.6. The number of piperazine rings is 1. The zero-order chi connectivity index (χ0) is 23.0. The Morgan fingerprint density at radius 3 is 2.21 bits per heavy atom. The maximum Gasteiger partial charge on any atom is 0.435 e. The number of fused-ring (bicyclic) bond motifs is 1. The fourth-order valence-corrected chi connectivity index (χ4v) is 5.17. The maximum absolute atomic E-state index is 13.7. The Morgan fingerprint density at radius 2 is 1.58 bits per heavy atom. The highest BCUT2D eigenvalue weighted by Crippen LogP contribution is 2.39. The van der Waals surface area contributed by atoms with E-state index in [4.69, 9.17) is 0 Å². The highest BCUT2D eigenvalue weighted by atomic mass is 32.1. The van der Waals surface area contributed by atoms with E-state index in [9.17, 15) is 18.0 Å². The Kier molecular flexibility index (Phi) is 5.67. The summed E-state index contributed by atoms with van der Waals surface area (Å²) >= 11 is 1.06. The Balaban J connectivity index is 1.38. The van der Waals surface area contributed by atoms with Gasteiger partial charge in [-0.15, -0.1) is 11.3 Å². The molecule has 2 aromatic heterocycles. The zero-order valence-electron chi connectivity index (χ0n) is 17.6. The van der Waals surface area contributed by atoms with Gasteiger partial charge in [-0.1, -0.05) is 48.5 Å². The molecule has 0 spiro atoms. The molecule has 0 bridgehead atoms. The van der Waals surface area contributed by atoms with E-state index >= 15 is 0 Å². The van der Waals surface area contributed by atoms with E-state index in [0.717, 1.165) is 31.0 Å². The van der Waals surface area contributed by atoms with Crippen LogP contribution in [0.1, 0.15) is 20.9 Å². The zero-order valence-corrected chi connectivity index (χ0v) is 18.4. The molecule has 9 heteroatoms. The number of carbonyl (C=O) groups excluding carboxylic acids is 1. The molecular formula is C24H21F3N4OS. The van der Waals surface area contributed by atoms with E-state index in [1.807, 2.05) is 18.2 Å². The highest BCUT2D eigenvalue weighted by Gasteiger charge is 2.38. The van der Waals surface area contributed by atoms with Crippen LogP contribution < -0.4 is 0 Å². The van der Waals surface area contributed by atoms with Crippen molar-refractivity contribution in [2.75, 3.05) is 26.2 Å². The van der Waals surface area contributed by atoms with Gasteiger partial charge in [-0.3, -0.25) is 9.69 Å². The fourth-order valence-electron chi connectivity index (χ4n) is 4.07. The van der Waals surface area contributed by atoms with Crippen molar-refractivity contribution in [3.8, 4) is 5.69 Å². The summed E-state index contributed by atoms with van der Waals surface area (Å²) in [5, 5.41) is 3.78. The molecule has 1 amide bonds. The number of thiophene rings is 1. The lowest BCUT2D eigenvalue weighted by molar-refractivity contribution is -0.140. The van der Waals surface area contributed by atoms with E-state index < -0.39 is 11.9 Å². The summed E-state index contributed by atoms with van der Waals surface area (Å²) in [4.78, 5) is 17.8. The number of hydrogen-bond acceptors (Lipinski definition) is 4. The number of aromatic nitrogens is 2. The summed E-state index contributed by atoms with van der Waals surface area (Å²) in [5.74, 6) is -0.233. The molecular weight excluding hydrogens is 449 g/mol. The number of para-hydroxylation sites is 1. The normalized spacial score (nSPS) is 15.3. The topological polar surface area (TPSA) is 41.4 Å². The smallest absolute Gasteiger partial charge is 0.335 e. The number of halogens is 3. The lowest BCUT2D eigenvalue weighted by Crippen LogP contribution is -2.48. The summed E-state index contributed by atoms with van der Waals surface area (Å²) in [6.45, 7) is 3.33. The van der Waals surface area contributed by atoms with Crippen molar-refractivity contribution in [1.29, 1.82) is 0 Å². The lowest BCUT2D eigenvalue weighted by Gasteiger charge is -2.34. The number of alkyl halides is 3. The molecule has 5 nitrogen and oxygen atoms in total. The van der Waals surface area contributed by atoms with E-state index in [0.29, 0.717) is 28.5 Å². The van der Waals surface area contributed by atoms with Gasteiger partial charge >= 0.3 is 6.18 Å².